The standard InChI is InChI=1S/C12H18BrNO2/c1-8(6-15)7-16-12-5-10(13)3-4-11(12)9(2)14/h3-5,8-9,15H,6-7,14H2,1-2H3/t8?,9-/m1/s1. The van der Waals surface area contributed by atoms with Crippen LogP contribution in [0.25, 0.3) is 0 Å². The molecule has 0 saturated carbocycles. The van der Waals surface area contributed by atoms with Crippen molar-refractivity contribution in [3.05, 3.63) is 28.2 Å². The summed E-state index contributed by atoms with van der Waals surface area (Å²) in [5, 5.41) is 8.93. The lowest BCUT2D eigenvalue weighted by Crippen LogP contribution is -2.14. The molecule has 0 heterocycles. The number of rotatable bonds is 5. The highest BCUT2D eigenvalue weighted by atomic mass is 79.9. The largest absolute Gasteiger partial charge is 0.493 e. The smallest absolute Gasteiger partial charge is 0.125 e. The van der Waals surface area contributed by atoms with Crippen LogP contribution in [0.3, 0.4) is 0 Å². The molecule has 0 bridgehead atoms. The third-order valence-corrected chi connectivity index (χ3v) is 2.79. The van der Waals surface area contributed by atoms with Crippen molar-refractivity contribution >= 4 is 15.9 Å². The first-order valence-electron chi connectivity index (χ1n) is 5.33. The van der Waals surface area contributed by atoms with Crippen LogP contribution < -0.4 is 10.5 Å². The Morgan fingerprint density at radius 1 is 1.44 bits per heavy atom. The van der Waals surface area contributed by atoms with Crippen molar-refractivity contribution in [3.8, 4) is 5.75 Å². The molecule has 0 saturated heterocycles. The SMILES string of the molecule is CC(CO)COc1cc(Br)ccc1[C@@H](C)N. The fraction of sp³-hybridized carbons (Fsp3) is 0.500. The number of aliphatic hydroxyl groups excluding tert-OH is 1. The van der Waals surface area contributed by atoms with Gasteiger partial charge in [-0.05, 0) is 19.1 Å². The van der Waals surface area contributed by atoms with Crippen LogP contribution in [0, 0.1) is 5.92 Å². The Bertz CT molecular complexity index is 342. The van der Waals surface area contributed by atoms with E-state index in [9.17, 15) is 0 Å². The topological polar surface area (TPSA) is 55.5 Å². The lowest BCUT2D eigenvalue weighted by Gasteiger charge is -2.16. The van der Waals surface area contributed by atoms with E-state index >= 15 is 0 Å². The molecule has 16 heavy (non-hydrogen) atoms. The molecule has 0 spiro atoms. The van der Waals surface area contributed by atoms with E-state index in [2.05, 4.69) is 15.9 Å². The maximum absolute atomic E-state index is 8.93. The Kier molecular flexibility index (Phi) is 5.25. The molecule has 1 aromatic rings. The van der Waals surface area contributed by atoms with Gasteiger partial charge in [0.05, 0.1) is 6.61 Å². The third-order valence-electron chi connectivity index (χ3n) is 2.30. The van der Waals surface area contributed by atoms with Crippen molar-refractivity contribution in [1.29, 1.82) is 0 Å². The molecule has 0 radical (unpaired) electrons. The highest BCUT2D eigenvalue weighted by Gasteiger charge is 2.10. The van der Waals surface area contributed by atoms with Crippen molar-refractivity contribution in [2.75, 3.05) is 13.2 Å². The monoisotopic (exact) mass is 287 g/mol. The highest BCUT2D eigenvalue weighted by Crippen LogP contribution is 2.27. The average molecular weight is 288 g/mol. The highest BCUT2D eigenvalue weighted by molar-refractivity contribution is 9.10. The van der Waals surface area contributed by atoms with E-state index in [1.165, 1.54) is 0 Å². The second-order valence-corrected chi connectivity index (χ2v) is 4.99. The lowest BCUT2D eigenvalue weighted by atomic mass is 10.1. The second-order valence-electron chi connectivity index (χ2n) is 4.07. The minimum atomic E-state index is -0.0625. The number of benzene rings is 1. The van der Waals surface area contributed by atoms with Crippen molar-refractivity contribution in [1.82, 2.24) is 0 Å². The zero-order chi connectivity index (χ0) is 12.1. The summed E-state index contributed by atoms with van der Waals surface area (Å²) in [4.78, 5) is 0. The predicted molar refractivity (Wildman–Crippen MR) is 68.5 cm³/mol. The maximum atomic E-state index is 8.93. The first kappa shape index (κ1) is 13.5. The molecule has 1 rings (SSSR count). The van der Waals surface area contributed by atoms with Gasteiger partial charge in [0.15, 0.2) is 0 Å². The molecular weight excluding hydrogens is 270 g/mol. The van der Waals surface area contributed by atoms with Gasteiger partial charge in [0.25, 0.3) is 0 Å². The average Bonchev–Trinajstić information content (AvgIpc) is 2.25. The second kappa shape index (κ2) is 6.23. The molecule has 1 unspecified atom stereocenters. The maximum Gasteiger partial charge on any atom is 0.125 e. The molecule has 3 nitrogen and oxygen atoms in total. The van der Waals surface area contributed by atoms with Gasteiger partial charge in [0.1, 0.15) is 5.75 Å². The molecule has 1 aromatic carbocycles. The van der Waals surface area contributed by atoms with E-state index in [1.807, 2.05) is 32.0 Å². The van der Waals surface area contributed by atoms with Crippen LogP contribution in [0.4, 0.5) is 0 Å². The van der Waals surface area contributed by atoms with Crippen molar-refractivity contribution < 1.29 is 9.84 Å². The van der Waals surface area contributed by atoms with E-state index in [0.717, 1.165) is 15.8 Å². The minimum absolute atomic E-state index is 0.0625. The Hall–Kier alpha value is -0.580. The van der Waals surface area contributed by atoms with Gasteiger partial charge in [0.2, 0.25) is 0 Å². The summed E-state index contributed by atoms with van der Waals surface area (Å²) in [7, 11) is 0. The van der Waals surface area contributed by atoms with Crippen LogP contribution in [-0.2, 0) is 0 Å². The predicted octanol–water partition coefficient (Wildman–Crippen LogP) is 2.48. The fourth-order valence-corrected chi connectivity index (χ4v) is 1.63. The number of aliphatic hydroxyl groups is 1. The Morgan fingerprint density at radius 3 is 2.69 bits per heavy atom. The molecule has 0 aliphatic heterocycles. The van der Waals surface area contributed by atoms with E-state index in [0.29, 0.717) is 6.61 Å². The molecule has 0 amide bonds. The number of nitrogens with two attached hydrogens (primary N) is 1. The molecule has 0 fully saturated rings. The molecule has 0 aliphatic rings. The van der Waals surface area contributed by atoms with Crippen LogP contribution in [0.15, 0.2) is 22.7 Å². The molecule has 90 valence electrons. The molecular formula is C12H18BrNO2. The molecule has 0 aliphatic carbocycles. The van der Waals surface area contributed by atoms with Crippen LogP contribution in [-0.4, -0.2) is 18.3 Å². The first-order chi connectivity index (χ1) is 7.54. The van der Waals surface area contributed by atoms with Gasteiger partial charge >= 0.3 is 0 Å². The summed E-state index contributed by atoms with van der Waals surface area (Å²) >= 11 is 3.40. The van der Waals surface area contributed by atoms with Crippen LogP contribution in [0.1, 0.15) is 25.5 Å². The van der Waals surface area contributed by atoms with E-state index < -0.39 is 0 Å². The summed E-state index contributed by atoms with van der Waals surface area (Å²) < 4.78 is 6.62. The summed E-state index contributed by atoms with van der Waals surface area (Å²) in [5.41, 5.74) is 6.84. The van der Waals surface area contributed by atoms with Gasteiger partial charge < -0.3 is 15.6 Å². The molecule has 2 atom stereocenters. The number of halogens is 1. The summed E-state index contributed by atoms with van der Waals surface area (Å²) in [6.45, 7) is 4.48. The van der Waals surface area contributed by atoms with Gasteiger partial charge in [-0.3, -0.25) is 0 Å². The zero-order valence-corrected chi connectivity index (χ0v) is 11.2. The van der Waals surface area contributed by atoms with Gasteiger partial charge in [-0.1, -0.05) is 28.9 Å². The zero-order valence-electron chi connectivity index (χ0n) is 9.61. The van der Waals surface area contributed by atoms with E-state index in [4.69, 9.17) is 15.6 Å². The van der Waals surface area contributed by atoms with E-state index in [-0.39, 0.29) is 18.6 Å². The fourth-order valence-electron chi connectivity index (χ4n) is 1.29. The van der Waals surface area contributed by atoms with Gasteiger partial charge in [-0.2, -0.15) is 0 Å². The number of ether oxygens (including phenoxy) is 1. The first-order valence-corrected chi connectivity index (χ1v) is 6.12. The lowest BCUT2D eigenvalue weighted by molar-refractivity contribution is 0.173. The molecule has 0 aromatic heterocycles. The molecule has 4 heteroatoms. The van der Waals surface area contributed by atoms with Gasteiger partial charge in [0, 0.05) is 28.6 Å². The van der Waals surface area contributed by atoms with Crippen LogP contribution in [0.2, 0.25) is 0 Å². The van der Waals surface area contributed by atoms with Gasteiger partial charge in [-0.15, -0.1) is 0 Å². The van der Waals surface area contributed by atoms with Gasteiger partial charge in [-0.25, -0.2) is 0 Å². The third kappa shape index (κ3) is 3.77. The van der Waals surface area contributed by atoms with Crippen molar-refractivity contribution in [3.63, 3.8) is 0 Å². The summed E-state index contributed by atoms with van der Waals surface area (Å²) in [5.74, 6) is 0.907. The van der Waals surface area contributed by atoms with Crippen molar-refractivity contribution in [2.24, 2.45) is 11.7 Å². The Balaban J connectivity index is 2.80. The quantitative estimate of drug-likeness (QED) is 0.875. The van der Waals surface area contributed by atoms with Crippen LogP contribution >= 0.6 is 15.9 Å². The number of hydrogen-bond donors (Lipinski definition) is 2. The summed E-state index contributed by atoms with van der Waals surface area (Å²) in [6, 6.07) is 5.74. The summed E-state index contributed by atoms with van der Waals surface area (Å²) in [6.07, 6.45) is 0. The molecule has 3 N–H and O–H groups in total. The normalized spacial score (nSPS) is 14.6. The Labute approximate surface area is 105 Å². The minimum Gasteiger partial charge on any atom is -0.493 e. The van der Waals surface area contributed by atoms with Crippen LogP contribution in [0.5, 0.6) is 5.75 Å². The Morgan fingerprint density at radius 2 is 2.12 bits per heavy atom. The van der Waals surface area contributed by atoms with Crippen molar-refractivity contribution in [2.45, 2.75) is 19.9 Å². The van der Waals surface area contributed by atoms with E-state index in [1.54, 1.807) is 0 Å². The number of hydrogen-bond acceptors (Lipinski definition) is 3.